The predicted octanol–water partition coefficient (Wildman–Crippen LogP) is 14.7. The van der Waals surface area contributed by atoms with Gasteiger partial charge in [-0.15, -0.1) is 0 Å². The Morgan fingerprint density at radius 3 is 1.23 bits per heavy atom. The van der Waals surface area contributed by atoms with Crippen molar-refractivity contribution in [1.82, 2.24) is 0 Å². The molecule has 2 aromatic carbocycles. The molecule has 0 saturated carbocycles. The molecule has 0 atom stereocenters. The maximum absolute atomic E-state index is 6.35. The van der Waals surface area contributed by atoms with Crippen molar-refractivity contribution >= 4 is 0 Å². The highest BCUT2D eigenvalue weighted by atomic mass is 16.5. The van der Waals surface area contributed by atoms with Crippen molar-refractivity contribution in [3.63, 3.8) is 0 Å². The molecule has 0 aromatic heterocycles. The van der Waals surface area contributed by atoms with Crippen LogP contribution in [0.15, 0.2) is 48.5 Å². The molecule has 2 aromatic rings. The van der Waals surface area contributed by atoms with E-state index in [0.29, 0.717) is 0 Å². The summed E-state index contributed by atoms with van der Waals surface area (Å²) in [4.78, 5) is 0. The second-order valence-corrected chi connectivity index (χ2v) is 13.3. The van der Waals surface area contributed by atoms with Gasteiger partial charge in [0.2, 0.25) is 0 Å². The second-order valence-electron chi connectivity index (χ2n) is 13.3. The molecule has 0 aliphatic rings. The Labute approximate surface area is 269 Å². The average molecular weight is 591 g/mol. The summed E-state index contributed by atoms with van der Waals surface area (Å²) in [6.07, 6.45) is 39.0. The molecular formula is C42H70O. The van der Waals surface area contributed by atoms with Gasteiger partial charge in [-0.2, -0.15) is 0 Å². The summed E-state index contributed by atoms with van der Waals surface area (Å²) in [5, 5.41) is 0. The molecule has 2 rings (SSSR count). The number of benzene rings is 2. The minimum Gasteiger partial charge on any atom is -0.457 e. The molecule has 0 bridgehead atoms. The lowest BCUT2D eigenvalue weighted by molar-refractivity contribution is 0.473. The third-order valence-corrected chi connectivity index (χ3v) is 9.21. The summed E-state index contributed by atoms with van der Waals surface area (Å²) in [6.45, 7) is 4.60. The average Bonchev–Trinajstić information content (AvgIpc) is 3.03. The molecule has 1 nitrogen and oxygen atoms in total. The quantitative estimate of drug-likeness (QED) is 0.0822. The number of aryl methyl sites for hydroxylation is 2. The van der Waals surface area contributed by atoms with Crippen molar-refractivity contribution in [3.05, 3.63) is 59.7 Å². The third-order valence-electron chi connectivity index (χ3n) is 9.21. The van der Waals surface area contributed by atoms with Gasteiger partial charge in [-0.1, -0.05) is 198 Å². The Morgan fingerprint density at radius 2 is 0.791 bits per heavy atom. The Hall–Kier alpha value is -1.76. The number of para-hydroxylation sites is 1. The Balaban J connectivity index is 1.62. The molecule has 0 radical (unpaired) electrons. The van der Waals surface area contributed by atoms with Gasteiger partial charge in [0.25, 0.3) is 0 Å². The molecule has 0 aliphatic carbocycles. The summed E-state index contributed by atoms with van der Waals surface area (Å²) in [6, 6.07) is 17.3. The minimum absolute atomic E-state index is 0.943. The van der Waals surface area contributed by atoms with E-state index < -0.39 is 0 Å². The van der Waals surface area contributed by atoms with Crippen molar-refractivity contribution in [3.8, 4) is 11.5 Å². The molecule has 0 amide bonds. The molecule has 0 saturated heterocycles. The lowest BCUT2D eigenvalue weighted by Crippen LogP contribution is -1.96. The predicted molar refractivity (Wildman–Crippen MR) is 192 cm³/mol. The van der Waals surface area contributed by atoms with Gasteiger partial charge >= 0.3 is 0 Å². The van der Waals surface area contributed by atoms with Gasteiger partial charge < -0.3 is 4.74 Å². The Kier molecular flexibility index (Phi) is 24.2. The van der Waals surface area contributed by atoms with E-state index in [-0.39, 0.29) is 0 Å². The normalized spacial score (nSPS) is 11.3. The lowest BCUT2D eigenvalue weighted by atomic mass is 9.98. The van der Waals surface area contributed by atoms with E-state index in [1.54, 1.807) is 0 Å². The standard InChI is InChI=1S/C42H70O/c1-3-5-7-9-11-13-15-17-18-19-21-23-25-28-32-39-36-37-42(43-41-34-30-27-31-35-41)40(38-39)33-29-26-24-22-20-16-14-12-10-8-6-4-2/h27,30-31,34-38H,3-26,28-29,32-33H2,1-2H3. The minimum atomic E-state index is 0.943. The van der Waals surface area contributed by atoms with Gasteiger partial charge in [-0.3, -0.25) is 0 Å². The van der Waals surface area contributed by atoms with Crippen molar-refractivity contribution in [1.29, 1.82) is 0 Å². The zero-order chi connectivity index (χ0) is 30.5. The first kappa shape index (κ1) is 37.4. The van der Waals surface area contributed by atoms with E-state index in [1.807, 2.05) is 0 Å². The van der Waals surface area contributed by atoms with Crippen LogP contribution in [-0.4, -0.2) is 0 Å². The molecule has 0 unspecified atom stereocenters. The molecule has 0 fully saturated rings. The van der Waals surface area contributed by atoms with Crippen molar-refractivity contribution in [2.45, 2.75) is 194 Å². The zero-order valence-electron chi connectivity index (χ0n) is 28.8. The summed E-state index contributed by atoms with van der Waals surface area (Å²) >= 11 is 0. The highest BCUT2D eigenvalue weighted by molar-refractivity contribution is 5.40. The van der Waals surface area contributed by atoms with E-state index >= 15 is 0 Å². The van der Waals surface area contributed by atoms with Crippen LogP contribution in [0.3, 0.4) is 0 Å². The molecule has 0 heterocycles. The van der Waals surface area contributed by atoms with Crippen LogP contribution in [0, 0.1) is 0 Å². The smallest absolute Gasteiger partial charge is 0.130 e. The molecule has 43 heavy (non-hydrogen) atoms. The highest BCUT2D eigenvalue weighted by Crippen LogP contribution is 2.29. The summed E-state index contributed by atoms with van der Waals surface area (Å²) in [7, 11) is 0. The maximum Gasteiger partial charge on any atom is 0.130 e. The SMILES string of the molecule is CCCCCCCCCCCCCCCCc1ccc(Oc2ccccc2)c(CCCCCCCCCCCCCC)c1. The molecule has 0 N–H and O–H groups in total. The summed E-state index contributed by atoms with van der Waals surface area (Å²) in [5.41, 5.74) is 2.90. The fourth-order valence-electron chi connectivity index (χ4n) is 6.38. The molecule has 0 aliphatic heterocycles. The largest absolute Gasteiger partial charge is 0.457 e. The Morgan fingerprint density at radius 1 is 0.395 bits per heavy atom. The molecular weight excluding hydrogens is 520 g/mol. The van der Waals surface area contributed by atoms with Gasteiger partial charge in [0.1, 0.15) is 11.5 Å². The van der Waals surface area contributed by atoms with Gasteiger partial charge in [-0.05, 0) is 55.0 Å². The third kappa shape index (κ3) is 20.8. The van der Waals surface area contributed by atoms with Crippen molar-refractivity contribution in [2.24, 2.45) is 0 Å². The number of hydrogen-bond acceptors (Lipinski definition) is 1. The van der Waals surface area contributed by atoms with Gasteiger partial charge in [0.15, 0.2) is 0 Å². The van der Waals surface area contributed by atoms with Crippen LogP contribution < -0.4 is 4.74 Å². The second kappa shape index (κ2) is 27.8. The van der Waals surface area contributed by atoms with E-state index in [4.69, 9.17) is 4.74 Å². The van der Waals surface area contributed by atoms with Crippen LogP contribution in [0.4, 0.5) is 0 Å². The van der Waals surface area contributed by atoms with Gasteiger partial charge in [0.05, 0.1) is 0 Å². The molecule has 244 valence electrons. The van der Waals surface area contributed by atoms with Crippen LogP contribution in [0.5, 0.6) is 11.5 Å². The van der Waals surface area contributed by atoms with Crippen LogP contribution in [-0.2, 0) is 12.8 Å². The van der Waals surface area contributed by atoms with E-state index in [9.17, 15) is 0 Å². The van der Waals surface area contributed by atoms with E-state index in [2.05, 4.69) is 62.4 Å². The van der Waals surface area contributed by atoms with E-state index in [1.165, 1.54) is 184 Å². The van der Waals surface area contributed by atoms with Crippen LogP contribution in [0.1, 0.15) is 192 Å². The first-order valence-electron chi connectivity index (χ1n) is 19.2. The number of unbranched alkanes of at least 4 members (excludes halogenated alkanes) is 24. The first-order valence-corrected chi connectivity index (χ1v) is 19.2. The number of ether oxygens (including phenoxy) is 1. The maximum atomic E-state index is 6.35. The molecule has 1 heteroatoms. The van der Waals surface area contributed by atoms with Crippen LogP contribution >= 0.6 is 0 Å². The van der Waals surface area contributed by atoms with Crippen LogP contribution in [0.25, 0.3) is 0 Å². The van der Waals surface area contributed by atoms with Gasteiger partial charge in [0, 0.05) is 0 Å². The Bertz CT molecular complexity index is 856. The fourth-order valence-corrected chi connectivity index (χ4v) is 6.38. The van der Waals surface area contributed by atoms with Crippen molar-refractivity contribution in [2.75, 3.05) is 0 Å². The fraction of sp³-hybridized carbons (Fsp3) is 0.714. The van der Waals surface area contributed by atoms with Gasteiger partial charge in [-0.25, -0.2) is 0 Å². The number of hydrogen-bond donors (Lipinski definition) is 0. The van der Waals surface area contributed by atoms with Crippen LogP contribution in [0.2, 0.25) is 0 Å². The monoisotopic (exact) mass is 591 g/mol. The topological polar surface area (TPSA) is 9.23 Å². The highest BCUT2D eigenvalue weighted by Gasteiger charge is 2.08. The summed E-state index contributed by atoms with van der Waals surface area (Å²) in [5.74, 6) is 2.00. The van der Waals surface area contributed by atoms with Crippen molar-refractivity contribution < 1.29 is 4.74 Å². The first-order chi connectivity index (χ1) is 21.3. The zero-order valence-corrected chi connectivity index (χ0v) is 28.8. The summed E-state index contributed by atoms with van der Waals surface area (Å²) < 4.78 is 6.35. The lowest BCUT2D eigenvalue weighted by Gasteiger charge is -2.13. The molecule has 0 spiro atoms. The van der Waals surface area contributed by atoms with E-state index in [0.717, 1.165) is 17.9 Å². The number of rotatable bonds is 30.